The summed E-state index contributed by atoms with van der Waals surface area (Å²) in [5.74, 6) is 2.25. The predicted octanol–water partition coefficient (Wildman–Crippen LogP) is 1.74. The molecule has 1 aromatic rings. The number of nitrogens with two attached hydrogens (primary N) is 1. The Kier molecular flexibility index (Phi) is 3.37. The van der Waals surface area contributed by atoms with Crippen molar-refractivity contribution in [2.45, 2.75) is 32.2 Å². The maximum Gasteiger partial charge on any atom is 0.131 e. The second kappa shape index (κ2) is 5.14. The van der Waals surface area contributed by atoms with Gasteiger partial charge in [-0.05, 0) is 43.4 Å². The van der Waals surface area contributed by atoms with Crippen LogP contribution in [-0.4, -0.2) is 31.2 Å². The molecule has 18 heavy (non-hydrogen) atoms. The van der Waals surface area contributed by atoms with E-state index >= 15 is 0 Å². The van der Waals surface area contributed by atoms with Gasteiger partial charge < -0.3 is 15.5 Å². The van der Waals surface area contributed by atoms with E-state index in [4.69, 9.17) is 10.7 Å². The Morgan fingerprint density at radius 2 is 1.33 bits per heavy atom. The molecule has 2 aliphatic rings. The highest BCUT2D eigenvalue weighted by Gasteiger charge is 2.18. The lowest BCUT2D eigenvalue weighted by molar-refractivity contribution is 0.891. The molecule has 4 heteroatoms. The van der Waals surface area contributed by atoms with Crippen molar-refractivity contribution in [2.75, 3.05) is 36.0 Å². The summed E-state index contributed by atoms with van der Waals surface area (Å²) >= 11 is 0. The number of hydrogen-bond donors (Lipinski definition) is 1. The molecule has 0 aromatic carbocycles. The summed E-state index contributed by atoms with van der Waals surface area (Å²) in [5.41, 5.74) is 7.02. The van der Waals surface area contributed by atoms with Gasteiger partial charge in [0.1, 0.15) is 11.6 Å². The van der Waals surface area contributed by atoms with E-state index in [0.717, 1.165) is 37.8 Å². The van der Waals surface area contributed by atoms with Crippen LogP contribution in [0.25, 0.3) is 0 Å². The van der Waals surface area contributed by atoms with Gasteiger partial charge in [0.05, 0.1) is 0 Å². The first kappa shape index (κ1) is 11.8. The molecule has 3 heterocycles. The summed E-state index contributed by atoms with van der Waals surface area (Å²) in [6, 6.07) is 4.32. The third kappa shape index (κ3) is 2.29. The number of aromatic nitrogens is 1. The average Bonchev–Trinajstić information content (AvgIpc) is 3.10. The minimum atomic E-state index is 0.601. The maximum absolute atomic E-state index is 5.82. The van der Waals surface area contributed by atoms with Gasteiger partial charge in [-0.2, -0.15) is 0 Å². The van der Waals surface area contributed by atoms with Gasteiger partial charge in [-0.25, -0.2) is 4.98 Å². The second-order valence-corrected chi connectivity index (χ2v) is 5.28. The molecule has 0 amide bonds. The van der Waals surface area contributed by atoms with Crippen LogP contribution in [-0.2, 0) is 6.54 Å². The molecule has 2 saturated heterocycles. The van der Waals surface area contributed by atoms with Crippen molar-refractivity contribution in [1.82, 2.24) is 4.98 Å². The number of rotatable bonds is 3. The van der Waals surface area contributed by atoms with Gasteiger partial charge in [0, 0.05) is 32.7 Å². The molecular weight excluding hydrogens is 224 g/mol. The molecule has 0 bridgehead atoms. The standard InChI is InChI=1S/C14H22N4/c15-11-12-9-13(17-5-1-2-6-17)16-14(10-12)18-7-3-4-8-18/h9-10H,1-8,11,15H2. The molecule has 0 saturated carbocycles. The van der Waals surface area contributed by atoms with E-state index in [0.29, 0.717) is 6.54 Å². The topological polar surface area (TPSA) is 45.4 Å². The van der Waals surface area contributed by atoms with E-state index in [1.54, 1.807) is 0 Å². The van der Waals surface area contributed by atoms with Crippen LogP contribution >= 0.6 is 0 Å². The Balaban J connectivity index is 1.90. The summed E-state index contributed by atoms with van der Waals surface area (Å²) < 4.78 is 0. The van der Waals surface area contributed by atoms with E-state index in [2.05, 4.69) is 21.9 Å². The lowest BCUT2D eigenvalue weighted by atomic mass is 10.2. The monoisotopic (exact) mass is 246 g/mol. The van der Waals surface area contributed by atoms with Crippen molar-refractivity contribution in [3.05, 3.63) is 17.7 Å². The van der Waals surface area contributed by atoms with Gasteiger partial charge in [-0.1, -0.05) is 0 Å². The fourth-order valence-corrected chi connectivity index (χ4v) is 2.89. The van der Waals surface area contributed by atoms with E-state index in [1.165, 1.54) is 31.2 Å². The van der Waals surface area contributed by atoms with Crippen LogP contribution in [0.1, 0.15) is 31.2 Å². The van der Waals surface area contributed by atoms with Gasteiger partial charge in [0.2, 0.25) is 0 Å². The van der Waals surface area contributed by atoms with Gasteiger partial charge in [-0.3, -0.25) is 0 Å². The van der Waals surface area contributed by atoms with Crippen molar-refractivity contribution in [1.29, 1.82) is 0 Å². The van der Waals surface area contributed by atoms with Gasteiger partial charge >= 0.3 is 0 Å². The van der Waals surface area contributed by atoms with Crippen molar-refractivity contribution >= 4 is 11.6 Å². The fourth-order valence-electron chi connectivity index (χ4n) is 2.89. The van der Waals surface area contributed by atoms with Crippen LogP contribution in [0, 0.1) is 0 Å². The number of anilines is 2. The van der Waals surface area contributed by atoms with E-state index in [-0.39, 0.29) is 0 Å². The summed E-state index contributed by atoms with van der Waals surface area (Å²) in [5, 5.41) is 0. The third-order valence-electron chi connectivity index (χ3n) is 3.95. The highest BCUT2D eigenvalue weighted by molar-refractivity contribution is 5.52. The molecule has 1 aromatic heterocycles. The SMILES string of the molecule is NCc1cc(N2CCCC2)nc(N2CCCC2)c1. The van der Waals surface area contributed by atoms with Crippen LogP contribution in [0.5, 0.6) is 0 Å². The highest BCUT2D eigenvalue weighted by atomic mass is 15.3. The maximum atomic E-state index is 5.82. The smallest absolute Gasteiger partial charge is 0.131 e. The Hall–Kier alpha value is -1.29. The first-order chi connectivity index (χ1) is 8.86. The van der Waals surface area contributed by atoms with Gasteiger partial charge in [-0.15, -0.1) is 0 Å². The highest BCUT2D eigenvalue weighted by Crippen LogP contribution is 2.25. The molecule has 0 unspecified atom stereocenters. The Morgan fingerprint density at radius 3 is 1.72 bits per heavy atom. The molecule has 0 radical (unpaired) electrons. The number of nitrogens with zero attached hydrogens (tertiary/aromatic N) is 3. The van der Waals surface area contributed by atoms with E-state index < -0.39 is 0 Å². The third-order valence-corrected chi connectivity index (χ3v) is 3.95. The molecule has 4 nitrogen and oxygen atoms in total. The van der Waals surface area contributed by atoms with Crippen molar-refractivity contribution in [3.8, 4) is 0 Å². The van der Waals surface area contributed by atoms with Gasteiger partial charge in [0.15, 0.2) is 0 Å². The van der Waals surface area contributed by atoms with Crippen LogP contribution in [0.15, 0.2) is 12.1 Å². The Labute approximate surface area is 109 Å². The molecule has 0 aliphatic carbocycles. The molecule has 0 atom stereocenters. The van der Waals surface area contributed by atoms with E-state index in [9.17, 15) is 0 Å². The van der Waals surface area contributed by atoms with Crippen LogP contribution in [0.4, 0.5) is 11.6 Å². The lowest BCUT2D eigenvalue weighted by Crippen LogP contribution is -2.23. The molecule has 2 N–H and O–H groups in total. The van der Waals surface area contributed by atoms with Crippen molar-refractivity contribution < 1.29 is 0 Å². The molecule has 98 valence electrons. The minimum absolute atomic E-state index is 0.601. The molecule has 2 aliphatic heterocycles. The zero-order valence-corrected chi connectivity index (χ0v) is 10.9. The number of pyridine rings is 1. The van der Waals surface area contributed by atoms with Crippen LogP contribution in [0.2, 0.25) is 0 Å². The van der Waals surface area contributed by atoms with Crippen LogP contribution in [0.3, 0.4) is 0 Å². The summed E-state index contributed by atoms with van der Waals surface area (Å²) in [4.78, 5) is 9.62. The van der Waals surface area contributed by atoms with Crippen molar-refractivity contribution in [3.63, 3.8) is 0 Å². The quantitative estimate of drug-likeness (QED) is 0.882. The molecule has 3 rings (SSSR count). The first-order valence-electron chi connectivity index (χ1n) is 7.08. The average molecular weight is 246 g/mol. The summed E-state index contributed by atoms with van der Waals surface area (Å²) in [6.07, 6.45) is 5.14. The zero-order valence-electron chi connectivity index (χ0n) is 10.9. The fraction of sp³-hybridized carbons (Fsp3) is 0.643. The first-order valence-corrected chi connectivity index (χ1v) is 7.08. The lowest BCUT2D eigenvalue weighted by Gasteiger charge is -2.22. The van der Waals surface area contributed by atoms with E-state index in [1.807, 2.05) is 0 Å². The summed E-state index contributed by atoms with van der Waals surface area (Å²) in [7, 11) is 0. The summed E-state index contributed by atoms with van der Waals surface area (Å²) in [6.45, 7) is 5.16. The Bertz CT molecular complexity index is 372. The normalized spacial score (nSPS) is 19.8. The predicted molar refractivity (Wildman–Crippen MR) is 75.0 cm³/mol. The van der Waals surface area contributed by atoms with Crippen molar-refractivity contribution in [2.24, 2.45) is 5.73 Å². The molecular formula is C14H22N4. The van der Waals surface area contributed by atoms with Gasteiger partial charge in [0.25, 0.3) is 0 Å². The zero-order chi connectivity index (χ0) is 12.4. The minimum Gasteiger partial charge on any atom is -0.357 e. The second-order valence-electron chi connectivity index (χ2n) is 5.28. The number of hydrogen-bond acceptors (Lipinski definition) is 4. The largest absolute Gasteiger partial charge is 0.357 e. The Morgan fingerprint density at radius 1 is 0.889 bits per heavy atom. The van der Waals surface area contributed by atoms with Crippen LogP contribution < -0.4 is 15.5 Å². The molecule has 2 fully saturated rings. The molecule has 0 spiro atoms.